The zero-order valence-corrected chi connectivity index (χ0v) is 19.2. The van der Waals surface area contributed by atoms with Gasteiger partial charge in [0.05, 0.1) is 17.2 Å². The number of rotatable bonds is 10. The molecule has 0 fully saturated rings. The summed E-state index contributed by atoms with van der Waals surface area (Å²) in [6.45, 7) is 3.99. The molecule has 0 spiro atoms. The fraction of sp³-hybridized carbons (Fsp3) is 0.259. The van der Waals surface area contributed by atoms with Gasteiger partial charge in [0.25, 0.3) is 0 Å². The molecule has 0 aliphatic heterocycles. The first-order valence-corrected chi connectivity index (χ1v) is 11.1. The molecule has 0 aliphatic carbocycles. The van der Waals surface area contributed by atoms with Crippen molar-refractivity contribution in [3.8, 4) is 11.8 Å². The van der Waals surface area contributed by atoms with Gasteiger partial charge in [-0.1, -0.05) is 48.5 Å². The Morgan fingerprint density at radius 1 is 1.03 bits per heavy atom. The molecule has 3 aromatic carbocycles. The van der Waals surface area contributed by atoms with E-state index in [-0.39, 0.29) is 17.1 Å². The molecular weight excluding hydrogens is 433 g/mol. The summed E-state index contributed by atoms with van der Waals surface area (Å²) in [4.78, 5) is 11.1. The number of phenols is 1. The predicted octanol–water partition coefficient (Wildman–Crippen LogP) is 4.91. The molecule has 0 heterocycles. The lowest BCUT2D eigenvalue weighted by molar-refractivity contribution is -0.138. The average molecular weight is 464 g/mol. The van der Waals surface area contributed by atoms with Crippen LogP contribution < -0.4 is 10.6 Å². The summed E-state index contributed by atoms with van der Waals surface area (Å²) in [7, 11) is 0. The summed E-state index contributed by atoms with van der Waals surface area (Å²) in [6.07, 6.45) is 1.70. The average Bonchev–Trinajstić information content (AvgIpc) is 2.85. The van der Waals surface area contributed by atoms with E-state index in [1.165, 1.54) is 12.1 Å². The summed E-state index contributed by atoms with van der Waals surface area (Å²) in [6, 6.07) is 22.6. The third kappa shape index (κ3) is 8.93. The highest BCUT2D eigenvalue weighted by molar-refractivity contribution is 5.75. The molecule has 0 aliphatic rings. The number of anilines is 1. The Kier molecular flexibility index (Phi) is 11.1. The van der Waals surface area contributed by atoms with Gasteiger partial charge in [0.15, 0.2) is 5.75 Å². The van der Waals surface area contributed by atoms with Crippen molar-refractivity contribution in [1.82, 2.24) is 5.32 Å². The third-order valence-electron chi connectivity index (χ3n) is 5.15. The van der Waals surface area contributed by atoms with Crippen LogP contribution in [0.15, 0.2) is 72.8 Å². The smallest absolute Gasteiger partial charge is 0.310 e. The highest BCUT2D eigenvalue weighted by Gasteiger charge is 2.13. The zero-order chi connectivity index (χ0) is 24.8. The van der Waals surface area contributed by atoms with Crippen molar-refractivity contribution in [3.05, 3.63) is 95.3 Å². The third-order valence-corrected chi connectivity index (χ3v) is 5.15. The van der Waals surface area contributed by atoms with Crippen LogP contribution in [0.25, 0.3) is 0 Å². The Balaban J connectivity index is 0.000000497. The summed E-state index contributed by atoms with van der Waals surface area (Å²) < 4.78 is 11.9. The van der Waals surface area contributed by atoms with Crippen molar-refractivity contribution >= 4 is 11.7 Å². The van der Waals surface area contributed by atoms with Crippen LogP contribution in [0.1, 0.15) is 36.0 Å². The normalized spacial score (nSPS) is 11.0. The van der Waals surface area contributed by atoms with Crippen LogP contribution in [0.5, 0.6) is 5.75 Å². The molecule has 0 unspecified atom stereocenters. The molecule has 0 saturated heterocycles. The molecule has 34 heavy (non-hydrogen) atoms. The van der Waals surface area contributed by atoms with Crippen molar-refractivity contribution in [2.24, 2.45) is 0 Å². The Labute approximate surface area is 199 Å². The second-order valence-corrected chi connectivity index (χ2v) is 7.69. The van der Waals surface area contributed by atoms with Gasteiger partial charge in [0.1, 0.15) is 11.9 Å². The molecule has 3 rings (SSSR count). The maximum Gasteiger partial charge on any atom is 0.310 e. The van der Waals surface area contributed by atoms with E-state index in [0.29, 0.717) is 12.2 Å². The number of aliphatic carboxylic acids is 1. The first-order chi connectivity index (χ1) is 16.4. The first kappa shape index (κ1) is 26.4. The van der Waals surface area contributed by atoms with Crippen LogP contribution in [0.4, 0.5) is 10.1 Å². The number of nitriles is 1. The van der Waals surface area contributed by atoms with Crippen molar-refractivity contribution < 1.29 is 19.4 Å². The first-order valence-electron chi connectivity index (χ1n) is 11.1. The molecule has 178 valence electrons. The van der Waals surface area contributed by atoms with E-state index < -0.39 is 11.9 Å². The Hall–Kier alpha value is -3.89. The quantitative estimate of drug-likeness (QED) is 0.251. The van der Waals surface area contributed by atoms with Gasteiger partial charge >= 0.3 is 5.97 Å². The molecule has 0 radical (unpaired) electrons. The highest BCUT2D eigenvalue weighted by atomic mass is 19.1. The van der Waals surface area contributed by atoms with Crippen LogP contribution in [0, 0.1) is 17.1 Å². The zero-order valence-electron chi connectivity index (χ0n) is 19.2. The number of benzene rings is 3. The van der Waals surface area contributed by atoms with E-state index in [1.54, 1.807) is 43.3 Å². The lowest BCUT2D eigenvalue weighted by Gasteiger charge is -2.11. The number of hydrogen-bond acceptors (Lipinski definition) is 5. The lowest BCUT2D eigenvalue weighted by Crippen LogP contribution is -2.20. The molecule has 6 nitrogen and oxygen atoms in total. The second-order valence-electron chi connectivity index (χ2n) is 7.69. The Morgan fingerprint density at radius 3 is 2.41 bits per heavy atom. The monoisotopic (exact) mass is 463 g/mol. The van der Waals surface area contributed by atoms with Gasteiger partial charge < -0.3 is 20.8 Å². The molecule has 3 aromatic rings. The van der Waals surface area contributed by atoms with Crippen molar-refractivity contribution in [3.63, 3.8) is 0 Å². The number of para-hydroxylation sites is 1. The second kappa shape index (κ2) is 14.3. The van der Waals surface area contributed by atoms with Crippen molar-refractivity contribution in [2.75, 3.05) is 25.0 Å². The number of hydrogen-bond donors (Lipinski definition) is 4. The summed E-state index contributed by atoms with van der Waals surface area (Å²) >= 11 is 0. The largest absolute Gasteiger partial charge is 0.504 e. The predicted molar refractivity (Wildman–Crippen MR) is 131 cm³/mol. The minimum atomic E-state index is -0.816. The van der Waals surface area contributed by atoms with Crippen molar-refractivity contribution in [1.29, 1.82) is 5.26 Å². The van der Waals surface area contributed by atoms with E-state index in [9.17, 15) is 14.3 Å². The number of carbonyl (C=O) groups is 1. The van der Waals surface area contributed by atoms with E-state index in [0.717, 1.165) is 37.1 Å². The summed E-state index contributed by atoms with van der Waals surface area (Å²) in [5.74, 6) is -1.50. The number of phenolic OH excluding ortho intramolecular Hbond substituents is 1. The van der Waals surface area contributed by atoms with E-state index in [1.807, 2.05) is 30.3 Å². The van der Waals surface area contributed by atoms with Gasteiger partial charge in [-0.2, -0.15) is 5.26 Å². The number of nitrogens with one attached hydrogen (secondary N) is 2. The van der Waals surface area contributed by atoms with Crippen LogP contribution in [-0.4, -0.2) is 35.8 Å². The Bertz CT molecular complexity index is 1080. The molecule has 4 N–H and O–H groups in total. The molecule has 0 amide bonds. The molecular formula is C27H30FN3O3. The number of aromatic hydroxyl groups is 1. The summed E-state index contributed by atoms with van der Waals surface area (Å²) in [5, 5.41) is 34.4. The number of halogens is 1. The fourth-order valence-corrected chi connectivity index (χ4v) is 3.15. The van der Waals surface area contributed by atoms with Crippen LogP contribution in [0.2, 0.25) is 0 Å². The van der Waals surface area contributed by atoms with Gasteiger partial charge in [-0.05, 0) is 68.2 Å². The highest BCUT2D eigenvalue weighted by Crippen LogP contribution is 2.26. The van der Waals surface area contributed by atoms with E-state index in [2.05, 4.69) is 10.6 Å². The maximum atomic E-state index is 11.9. The van der Waals surface area contributed by atoms with Gasteiger partial charge in [0.2, 0.25) is 0 Å². The molecule has 1 atom stereocenters. The van der Waals surface area contributed by atoms with E-state index >= 15 is 0 Å². The fourth-order valence-electron chi connectivity index (χ4n) is 3.15. The topological polar surface area (TPSA) is 105 Å². The van der Waals surface area contributed by atoms with E-state index in [4.69, 9.17) is 10.4 Å². The molecule has 7 heteroatoms. The summed E-state index contributed by atoms with van der Waals surface area (Å²) in [5.41, 5.74) is 2.77. The minimum absolute atomic E-state index is 0.0107. The Morgan fingerprint density at radius 2 is 1.76 bits per heavy atom. The standard InChI is InChI=1S/C21H25N3O3.C6H5F/c1-15(21(26)27)17-6-2-5-16(13-17)9-12-23-10-4-11-24-19-8-3-7-18(14-22)20(19)25;7-6-4-2-1-3-5-6/h2-3,5-8,13,15,23-25H,4,9-12H2,1H3,(H,26,27);1-5H/t15-;/m1./s1. The molecule has 0 saturated carbocycles. The SMILES string of the molecule is C[C@@H](C(=O)O)c1cccc(CCNCCCNc2cccc(C#N)c2O)c1.Fc1ccccc1. The van der Waals surface area contributed by atoms with Gasteiger partial charge in [-0.15, -0.1) is 0 Å². The maximum absolute atomic E-state index is 11.9. The van der Waals surface area contributed by atoms with Gasteiger partial charge in [-0.25, -0.2) is 4.39 Å². The van der Waals surface area contributed by atoms with Gasteiger partial charge in [-0.3, -0.25) is 4.79 Å². The van der Waals surface area contributed by atoms with Crippen molar-refractivity contribution in [2.45, 2.75) is 25.7 Å². The number of nitrogens with zero attached hydrogens (tertiary/aromatic N) is 1. The van der Waals surface area contributed by atoms with Crippen LogP contribution in [0.3, 0.4) is 0 Å². The number of carboxylic acid groups (broad SMARTS) is 1. The molecule has 0 aromatic heterocycles. The van der Waals surface area contributed by atoms with Crippen LogP contribution in [-0.2, 0) is 11.2 Å². The lowest BCUT2D eigenvalue weighted by atomic mass is 9.98. The van der Waals surface area contributed by atoms with Crippen LogP contribution >= 0.6 is 0 Å². The minimum Gasteiger partial charge on any atom is -0.504 e. The van der Waals surface area contributed by atoms with Gasteiger partial charge in [0, 0.05) is 6.54 Å². The molecule has 0 bridgehead atoms. The number of carboxylic acids is 1.